The van der Waals surface area contributed by atoms with E-state index >= 15 is 0 Å². The summed E-state index contributed by atoms with van der Waals surface area (Å²) in [5, 5.41) is 3.67. The summed E-state index contributed by atoms with van der Waals surface area (Å²) in [4.78, 5) is 5.38. The van der Waals surface area contributed by atoms with Crippen molar-refractivity contribution in [1.82, 2.24) is 15.1 Å². The average Bonchev–Trinajstić information content (AvgIpc) is 2.69. The highest BCUT2D eigenvalue weighted by Gasteiger charge is 2.04. The molecule has 0 aromatic heterocycles. The molecule has 0 unspecified atom stereocenters. The fourth-order valence-electron chi connectivity index (χ4n) is 3.49. The van der Waals surface area contributed by atoms with Gasteiger partial charge in [-0.05, 0) is 104 Å². The first kappa shape index (κ1) is 26.9. The molecule has 0 saturated carbocycles. The average molecular weight is 384 g/mol. The van der Waals surface area contributed by atoms with Gasteiger partial charge in [-0.15, -0.1) is 0 Å². The molecule has 0 bridgehead atoms. The Morgan fingerprint density at radius 2 is 0.704 bits per heavy atom. The Balaban J connectivity index is 3.59. The van der Waals surface area contributed by atoms with Gasteiger partial charge >= 0.3 is 0 Å². The molecule has 0 aromatic rings. The molecule has 0 saturated heterocycles. The lowest BCUT2D eigenvalue weighted by Gasteiger charge is -2.22. The SMILES string of the molecule is CCCCN(CCCC)CCCCNCCCCN(CCCC)CCCC. The summed E-state index contributed by atoms with van der Waals surface area (Å²) >= 11 is 0. The maximum absolute atomic E-state index is 3.67. The summed E-state index contributed by atoms with van der Waals surface area (Å²) in [5.41, 5.74) is 0. The van der Waals surface area contributed by atoms with Crippen LogP contribution in [0.5, 0.6) is 0 Å². The van der Waals surface area contributed by atoms with Gasteiger partial charge in [0.2, 0.25) is 0 Å². The Kier molecular flexibility index (Phi) is 22.1. The van der Waals surface area contributed by atoms with Crippen molar-refractivity contribution in [2.75, 3.05) is 52.4 Å². The van der Waals surface area contributed by atoms with E-state index < -0.39 is 0 Å². The van der Waals surface area contributed by atoms with Crippen molar-refractivity contribution in [3.63, 3.8) is 0 Å². The van der Waals surface area contributed by atoms with E-state index in [1.165, 1.54) is 129 Å². The summed E-state index contributed by atoms with van der Waals surface area (Å²) in [6.07, 6.45) is 16.1. The predicted octanol–water partition coefficient (Wildman–Crippen LogP) is 5.94. The third kappa shape index (κ3) is 19.0. The lowest BCUT2D eigenvalue weighted by molar-refractivity contribution is 0.257. The van der Waals surface area contributed by atoms with Gasteiger partial charge in [0, 0.05) is 0 Å². The molecule has 0 radical (unpaired) electrons. The highest BCUT2D eigenvalue weighted by Crippen LogP contribution is 2.03. The molecule has 3 heteroatoms. The van der Waals surface area contributed by atoms with Crippen LogP contribution in [0, 0.1) is 0 Å². The van der Waals surface area contributed by atoms with Crippen molar-refractivity contribution in [2.45, 2.75) is 105 Å². The molecule has 0 aliphatic rings. The van der Waals surface area contributed by atoms with Gasteiger partial charge in [0.25, 0.3) is 0 Å². The van der Waals surface area contributed by atoms with Gasteiger partial charge in [0.05, 0.1) is 0 Å². The van der Waals surface area contributed by atoms with E-state index in [0.29, 0.717) is 0 Å². The Hall–Kier alpha value is -0.120. The number of hydrogen-bond donors (Lipinski definition) is 1. The molecular formula is C24H53N3. The minimum absolute atomic E-state index is 1.20. The number of rotatable bonds is 22. The summed E-state index contributed by atoms with van der Waals surface area (Å²) < 4.78 is 0. The van der Waals surface area contributed by atoms with Crippen LogP contribution in [0.15, 0.2) is 0 Å². The van der Waals surface area contributed by atoms with E-state index in [1.54, 1.807) is 0 Å². The second-order valence-electron chi connectivity index (χ2n) is 8.26. The van der Waals surface area contributed by atoms with Gasteiger partial charge in [-0.2, -0.15) is 0 Å². The van der Waals surface area contributed by atoms with Crippen LogP contribution < -0.4 is 5.32 Å². The van der Waals surface area contributed by atoms with Crippen molar-refractivity contribution in [3.8, 4) is 0 Å². The normalized spacial score (nSPS) is 11.8. The fraction of sp³-hybridized carbons (Fsp3) is 1.00. The van der Waals surface area contributed by atoms with Gasteiger partial charge in [0.15, 0.2) is 0 Å². The van der Waals surface area contributed by atoms with Crippen LogP contribution in [0.25, 0.3) is 0 Å². The Labute approximate surface area is 172 Å². The molecule has 0 aliphatic heterocycles. The van der Waals surface area contributed by atoms with E-state index in [9.17, 15) is 0 Å². The van der Waals surface area contributed by atoms with Crippen molar-refractivity contribution in [3.05, 3.63) is 0 Å². The third-order valence-electron chi connectivity index (χ3n) is 5.47. The van der Waals surface area contributed by atoms with E-state index in [2.05, 4.69) is 42.8 Å². The minimum Gasteiger partial charge on any atom is -0.317 e. The van der Waals surface area contributed by atoms with Crippen molar-refractivity contribution < 1.29 is 0 Å². The maximum Gasteiger partial charge on any atom is -0.00183 e. The summed E-state index contributed by atoms with van der Waals surface area (Å²) in [6.45, 7) is 19.4. The second-order valence-corrected chi connectivity index (χ2v) is 8.26. The second kappa shape index (κ2) is 22.2. The number of nitrogens with one attached hydrogen (secondary N) is 1. The van der Waals surface area contributed by atoms with Crippen LogP contribution in [-0.2, 0) is 0 Å². The van der Waals surface area contributed by atoms with Crippen molar-refractivity contribution in [1.29, 1.82) is 0 Å². The molecule has 0 atom stereocenters. The van der Waals surface area contributed by atoms with Crippen LogP contribution in [0.1, 0.15) is 105 Å². The van der Waals surface area contributed by atoms with Gasteiger partial charge in [-0.3, -0.25) is 0 Å². The lowest BCUT2D eigenvalue weighted by atomic mass is 10.2. The lowest BCUT2D eigenvalue weighted by Crippen LogP contribution is -2.28. The van der Waals surface area contributed by atoms with Crippen LogP contribution in [0.3, 0.4) is 0 Å². The number of nitrogens with zero attached hydrogens (tertiary/aromatic N) is 2. The van der Waals surface area contributed by atoms with Crippen molar-refractivity contribution in [2.24, 2.45) is 0 Å². The molecule has 0 aliphatic carbocycles. The first-order valence-electron chi connectivity index (χ1n) is 12.4. The third-order valence-corrected chi connectivity index (χ3v) is 5.47. The molecule has 0 amide bonds. The zero-order chi connectivity index (χ0) is 20.0. The molecule has 0 fully saturated rings. The fourth-order valence-corrected chi connectivity index (χ4v) is 3.49. The monoisotopic (exact) mass is 383 g/mol. The van der Waals surface area contributed by atoms with Gasteiger partial charge < -0.3 is 15.1 Å². The van der Waals surface area contributed by atoms with Crippen LogP contribution >= 0.6 is 0 Å². The standard InChI is InChI=1S/C24H53N3/c1-5-9-19-26(20-10-6-2)23-15-13-17-25-18-14-16-24-27(21-11-7-3)22-12-8-4/h25H,5-24H2,1-4H3. The smallest absolute Gasteiger partial charge is 0.00183 e. The van der Waals surface area contributed by atoms with E-state index in [0.717, 1.165) is 0 Å². The minimum atomic E-state index is 1.20. The van der Waals surface area contributed by atoms with E-state index in [1.807, 2.05) is 0 Å². The van der Waals surface area contributed by atoms with E-state index in [-0.39, 0.29) is 0 Å². The highest BCUT2D eigenvalue weighted by atomic mass is 15.1. The summed E-state index contributed by atoms with van der Waals surface area (Å²) in [5.74, 6) is 0. The Bertz CT molecular complexity index is 228. The van der Waals surface area contributed by atoms with Crippen molar-refractivity contribution >= 4 is 0 Å². The highest BCUT2D eigenvalue weighted by molar-refractivity contribution is 4.61. The molecule has 1 N–H and O–H groups in total. The van der Waals surface area contributed by atoms with Crippen LogP contribution in [0.2, 0.25) is 0 Å². The first-order chi connectivity index (χ1) is 13.3. The van der Waals surface area contributed by atoms with E-state index in [4.69, 9.17) is 0 Å². The Morgan fingerprint density at radius 1 is 0.407 bits per heavy atom. The maximum atomic E-state index is 3.67. The molecule has 0 aromatic carbocycles. The first-order valence-corrected chi connectivity index (χ1v) is 12.4. The number of hydrogen-bond acceptors (Lipinski definition) is 3. The summed E-state index contributed by atoms with van der Waals surface area (Å²) in [6, 6.07) is 0. The van der Waals surface area contributed by atoms with Crippen LogP contribution in [0.4, 0.5) is 0 Å². The molecule has 0 spiro atoms. The molecule has 3 nitrogen and oxygen atoms in total. The quantitative estimate of drug-likeness (QED) is 0.233. The zero-order valence-electron chi connectivity index (χ0n) is 19.5. The zero-order valence-corrected chi connectivity index (χ0v) is 19.5. The molecular weight excluding hydrogens is 330 g/mol. The van der Waals surface area contributed by atoms with Gasteiger partial charge in [-0.1, -0.05) is 53.4 Å². The predicted molar refractivity (Wildman–Crippen MR) is 124 cm³/mol. The van der Waals surface area contributed by atoms with Gasteiger partial charge in [0.1, 0.15) is 0 Å². The van der Waals surface area contributed by atoms with Crippen LogP contribution in [-0.4, -0.2) is 62.2 Å². The largest absolute Gasteiger partial charge is 0.317 e. The summed E-state index contributed by atoms with van der Waals surface area (Å²) in [7, 11) is 0. The molecule has 0 rings (SSSR count). The van der Waals surface area contributed by atoms with Gasteiger partial charge in [-0.25, -0.2) is 0 Å². The number of unbranched alkanes of at least 4 members (excludes halogenated alkanes) is 6. The molecule has 164 valence electrons. The topological polar surface area (TPSA) is 18.5 Å². The Morgan fingerprint density at radius 3 is 1.00 bits per heavy atom. The molecule has 0 heterocycles. The molecule has 27 heavy (non-hydrogen) atoms.